The first-order valence-electron chi connectivity index (χ1n) is 9.84. The van der Waals surface area contributed by atoms with E-state index in [1.807, 2.05) is 18.3 Å². The van der Waals surface area contributed by atoms with Gasteiger partial charge in [-0.2, -0.15) is 0 Å². The van der Waals surface area contributed by atoms with Gasteiger partial charge in [0.25, 0.3) is 0 Å². The van der Waals surface area contributed by atoms with Crippen LogP contribution in [0.1, 0.15) is 42.3 Å². The number of fused-ring (bicyclic) bond motifs is 1. The van der Waals surface area contributed by atoms with Crippen molar-refractivity contribution in [3.8, 4) is 11.1 Å². The average Bonchev–Trinajstić information content (AvgIpc) is 3.10. The lowest BCUT2D eigenvalue weighted by Gasteiger charge is -2.23. The first-order chi connectivity index (χ1) is 13.8. The largest absolute Gasteiger partial charge is 0.478 e. The third-order valence-corrected chi connectivity index (χ3v) is 5.37. The van der Waals surface area contributed by atoms with Gasteiger partial charge < -0.3 is 9.67 Å². The molecule has 0 bridgehead atoms. The molecule has 0 aliphatic carbocycles. The predicted molar refractivity (Wildman–Crippen MR) is 119 cm³/mol. The zero-order valence-corrected chi connectivity index (χ0v) is 17.0. The van der Waals surface area contributed by atoms with Crippen LogP contribution in [-0.2, 0) is 12.0 Å². The molecule has 1 N–H and O–H groups in total. The lowest BCUT2D eigenvalue weighted by molar-refractivity contribution is 0.0697. The van der Waals surface area contributed by atoms with Gasteiger partial charge in [0, 0.05) is 23.6 Å². The SMILES string of the molecule is CC(C)(C)c1ccccc1-c1ccc(Cn2ccc3cc(C(=O)O)ccc32)cc1. The lowest BCUT2D eigenvalue weighted by atomic mass is 9.82. The number of aromatic nitrogens is 1. The van der Waals surface area contributed by atoms with Gasteiger partial charge in [0.1, 0.15) is 0 Å². The molecular weight excluding hydrogens is 358 g/mol. The van der Waals surface area contributed by atoms with Crippen LogP contribution in [0.4, 0.5) is 0 Å². The van der Waals surface area contributed by atoms with Crippen LogP contribution >= 0.6 is 0 Å². The standard InChI is InChI=1S/C26H25NO2/c1-26(2,3)23-7-5-4-6-22(23)19-10-8-18(9-11-19)17-27-15-14-20-16-21(25(28)29)12-13-24(20)27/h4-16H,17H2,1-3H3,(H,28,29). The van der Waals surface area contributed by atoms with E-state index in [2.05, 4.69) is 73.9 Å². The maximum absolute atomic E-state index is 11.2. The van der Waals surface area contributed by atoms with Gasteiger partial charge in [0.2, 0.25) is 0 Å². The van der Waals surface area contributed by atoms with Crippen LogP contribution < -0.4 is 0 Å². The van der Waals surface area contributed by atoms with Crippen molar-refractivity contribution in [1.29, 1.82) is 0 Å². The Hall–Kier alpha value is -3.33. The summed E-state index contributed by atoms with van der Waals surface area (Å²) in [4.78, 5) is 11.2. The van der Waals surface area contributed by atoms with E-state index in [-0.39, 0.29) is 5.41 Å². The van der Waals surface area contributed by atoms with Crippen LogP contribution in [0.2, 0.25) is 0 Å². The Morgan fingerprint density at radius 3 is 2.34 bits per heavy atom. The van der Waals surface area contributed by atoms with Gasteiger partial charge in [0.15, 0.2) is 0 Å². The van der Waals surface area contributed by atoms with E-state index in [1.54, 1.807) is 12.1 Å². The fraction of sp³-hybridized carbons (Fsp3) is 0.192. The first kappa shape index (κ1) is 19.0. The van der Waals surface area contributed by atoms with Crippen molar-refractivity contribution >= 4 is 16.9 Å². The predicted octanol–water partition coefficient (Wildman–Crippen LogP) is 6.35. The van der Waals surface area contributed by atoms with Crippen molar-refractivity contribution < 1.29 is 9.90 Å². The highest BCUT2D eigenvalue weighted by Crippen LogP contribution is 2.33. The Bertz CT molecular complexity index is 1180. The first-order valence-corrected chi connectivity index (χ1v) is 9.84. The summed E-state index contributed by atoms with van der Waals surface area (Å²) in [6.45, 7) is 7.48. The number of carboxylic acids is 1. The van der Waals surface area contributed by atoms with Crippen molar-refractivity contribution in [1.82, 2.24) is 4.57 Å². The number of hydrogen-bond donors (Lipinski definition) is 1. The minimum atomic E-state index is -0.897. The second-order valence-electron chi connectivity index (χ2n) is 8.51. The molecule has 0 spiro atoms. The maximum Gasteiger partial charge on any atom is 0.335 e. The fourth-order valence-corrected chi connectivity index (χ4v) is 3.85. The Kier molecular flexibility index (Phi) is 4.75. The van der Waals surface area contributed by atoms with Crippen molar-refractivity contribution in [2.45, 2.75) is 32.7 Å². The Morgan fingerprint density at radius 2 is 1.66 bits per heavy atom. The molecule has 1 heterocycles. The summed E-state index contributed by atoms with van der Waals surface area (Å²) in [5.74, 6) is -0.897. The van der Waals surface area contributed by atoms with Gasteiger partial charge in [0.05, 0.1) is 5.56 Å². The molecule has 0 fully saturated rings. The van der Waals surface area contributed by atoms with Crippen molar-refractivity contribution in [3.63, 3.8) is 0 Å². The highest BCUT2D eigenvalue weighted by molar-refractivity contribution is 5.93. The molecule has 0 atom stereocenters. The normalized spacial score (nSPS) is 11.7. The van der Waals surface area contributed by atoms with Gasteiger partial charge in [-0.05, 0) is 51.9 Å². The van der Waals surface area contributed by atoms with E-state index in [9.17, 15) is 4.79 Å². The number of hydrogen-bond acceptors (Lipinski definition) is 1. The Balaban J connectivity index is 1.62. The van der Waals surface area contributed by atoms with Gasteiger partial charge in [-0.15, -0.1) is 0 Å². The van der Waals surface area contributed by atoms with Crippen LogP contribution in [0.15, 0.2) is 79.0 Å². The van der Waals surface area contributed by atoms with Crippen molar-refractivity contribution in [2.75, 3.05) is 0 Å². The molecule has 4 aromatic rings. The highest BCUT2D eigenvalue weighted by atomic mass is 16.4. The molecule has 4 rings (SSSR count). The summed E-state index contributed by atoms with van der Waals surface area (Å²) in [6.07, 6.45) is 2.01. The molecule has 0 saturated carbocycles. The number of carboxylic acid groups (broad SMARTS) is 1. The second kappa shape index (κ2) is 7.25. The van der Waals surface area contributed by atoms with Gasteiger partial charge in [-0.1, -0.05) is 69.3 Å². The van der Waals surface area contributed by atoms with Gasteiger partial charge in [-0.3, -0.25) is 0 Å². The number of aromatic carboxylic acids is 1. The molecule has 29 heavy (non-hydrogen) atoms. The summed E-state index contributed by atoms with van der Waals surface area (Å²) in [7, 11) is 0. The monoisotopic (exact) mass is 383 g/mol. The third kappa shape index (κ3) is 3.81. The minimum Gasteiger partial charge on any atom is -0.478 e. The molecule has 0 radical (unpaired) electrons. The van der Waals surface area contributed by atoms with E-state index >= 15 is 0 Å². The molecule has 3 nitrogen and oxygen atoms in total. The topological polar surface area (TPSA) is 42.2 Å². The van der Waals surface area contributed by atoms with E-state index in [0.29, 0.717) is 5.56 Å². The molecule has 0 unspecified atom stereocenters. The number of nitrogens with zero attached hydrogens (tertiary/aromatic N) is 1. The van der Waals surface area contributed by atoms with Crippen LogP contribution in [0.3, 0.4) is 0 Å². The van der Waals surface area contributed by atoms with E-state index < -0.39 is 5.97 Å². The number of benzene rings is 3. The minimum absolute atomic E-state index is 0.0914. The second-order valence-corrected chi connectivity index (χ2v) is 8.51. The highest BCUT2D eigenvalue weighted by Gasteiger charge is 2.18. The van der Waals surface area contributed by atoms with Crippen LogP contribution in [0.5, 0.6) is 0 Å². The van der Waals surface area contributed by atoms with Crippen LogP contribution in [0, 0.1) is 0 Å². The van der Waals surface area contributed by atoms with E-state index in [4.69, 9.17) is 5.11 Å². The quantitative estimate of drug-likeness (QED) is 0.446. The Labute approximate surface area is 171 Å². The summed E-state index contributed by atoms with van der Waals surface area (Å²) in [5, 5.41) is 10.1. The summed E-state index contributed by atoms with van der Waals surface area (Å²) < 4.78 is 2.15. The third-order valence-electron chi connectivity index (χ3n) is 5.37. The molecule has 0 amide bonds. The van der Waals surface area contributed by atoms with E-state index in [0.717, 1.165) is 17.4 Å². The molecule has 3 aromatic carbocycles. The van der Waals surface area contributed by atoms with Crippen LogP contribution in [0.25, 0.3) is 22.0 Å². The molecule has 1 aromatic heterocycles. The zero-order chi connectivity index (χ0) is 20.6. The maximum atomic E-state index is 11.2. The Morgan fingerprint density at radius 1 is 0.931 bits per heavy atom. The number of carbonyl (C=O) groups is 1. The van der Waals surface area contributed by atoms with Crippen molar-refractivity contribution in [3.05, 3.63) is 95.7 Å². The van der Waals surface area contributed by atoms with Crippen molar-refractivity contribution in [2.24, 2.45) is 0 Å². The van der Waals surface area contributed by atoms with Gasteiger partial charge >= 0.3 is 5.97 Å². The molecule has 0 aliphatic rings. The summed E-state index contributed by atoms with van der Waals surface area (Å²) >= 11 is 0. The fourth-order valence-electron chi connectivity index (χ4n) is 3.85. The molecular formula is C26H25NO2. The van der Waals surface area contributed by atoms with E-state index in [1.165, 1.54) is 22.3 Å². The smallest absolute Gasteiger partial charge is 0.335 e. The number of rotatable bonds is 4. The average molecular weight is 383 g/mol. The lowest BCUT2D eigenvalue weighted by Crippen LogP contribution is -2.12. The van der Waals surface area contributed by atoms with Gasteiger partial charge in [-0.25, -0.2) is 4.79 Å². The summed E-state index contributed by atoms with van der Waals surface area (Å²) in [5.41, 5.74) is 6.50. The van der Waals surface area contributed by atoms with Crippen LogP contribution in [-0.4, -0.2) is 15.6 Å². The molecule has 0 aliphatic heterocycles. The summed E-state index contributed by atoms with van der Waals surface area (Å²) in [6, 6.07) is 24.6. The molecule has 146 valence electrons. The molecule has 3 heteroatoms. The molecule has 0 saturated heterocycles. The zero-order valence-electron chi connectivity index (χ0n) is 17.0.